The molecule has 4 fully saturated rings. The van der Waals surface area contributed by atoms with E-state index in [1.165, 1.54) is 32.1 Å². The highest BCUT2D eigenvalue weighted by molar-refractivity contribution is 5.78. The van der Waals surface area contributed by atoms with Crippen LogP contribution in [-0.2, 0) is 20.7 Å². The summed E-state index contributed by atoms with van der Waals surface area (Å²) in [7, 11) is 0. The summed E-state index contributed by atoms with van der Waals surface area (Å²) < 4.78 is 38.0. The molecule has 15 heteroatoms. The molecule has 1 saturated carbocycles. The van der Waals surface area contributed by atoms with Crippen LogP contribution >= 0.6 is 0 Å². The van der Waals surface area contributed by atoms with Gasteiger partial charge in [0.2, 0.25) is 5.91 Å². The number of rotatable bonds is 8. The zero-order valence-corrected chi connectivity index (χ0v) is 24.9. The third kappa shape index (κ3) is 8.57. The van der Waals surface area contributed by atoms with Gasteiger partial charge >= 0.3 is 18.2 Å². The number of ether oxygens (including phenoxy) is 1. The number of halogens is 3. The number of nitrogens with one attached hydrogen (secondary N) is 1. The van der Waals surface area contributed by atoms with Crippen molar-refractivity contribution in [3.8, 4) is 0 Å². The number of hydrogen-bond acceptors (Lipinski definition) is 8. The van der Waals surface area contributed by atoms with Crippen molar-refractivity contribution >= 4 is 18.0 Å². The van der Waals surface area contributed by atoms with E-state index in [1.807, 2.05) is 4.90 Å². The number of tetrazole rings is 1. The molecule has 43 heavy (non-hydrogen) atoms. The molecule has 3 aliphatic heterocycles. The molecule has 2 N–H and O–H groups in total. The molecule has 1 atom stereocenters. The normalized spacial score (nSPS) is 23.6. The fourth-order valence-corrected chi connectivity index (χ4v) is 7.07. The van der Waals surface area contributed by atoms with Gasteiger partial charge in [-0.1, -0.05) is 44.2 Å². The standard InChI is InChI=1S/C26H43N7O3.C2HF3O2/c1-2-3-9-22-26(36-25(35)33(22)19-20-7-5-4-6-8-20)12-16-31(17-13-26)21-10-14-32(15-11-21)24(34)18-23-27-29-30-28-23;3-2(4,5)1(6)7/h20-22H,2-19H2,1H3,(H,27,28,29,30);(H,6,7). The summed E-state index contributed by atoms with van der Waals surface area (Å²) in [6, 6.07) is 0.708. The lowest BCUT2D eigenvalue weighted by Gasteiger charge is -2.46. The Morgan fingerprint density at radius 2 is 1.72 bits per heavy atom. The number of aliphatic carboxylic acids is 1. The number of alkyl halides is 3. The van der Waals surface area contributed by atoms with Crippen molar-refractivity contribution in [2.75, 3.05) is 32.7 Å². The van der Waals surface area contributed by atoms with Crippen molar-refractivity contribution in [2.24, 2.45) is 5.92 Å². The van der Waals surface area contributed by atoms with Crippen molar-refractivity contribution in [2.45, 2.75) is 114 Å². The number of piperidine rings is 2. The first-order valence-corrected chi connectivity index (χ1v) is 15.6. The number of aromatic nitrogens is 4. The number of unbranched alkanes of at least 4 members (excludes halogenated alkanes) is 1. The molecule has 0 radical (unpaired) electrons. The number of carbonyl (C=O) groups excluding carboxylic acids is 2. The minimum Gasteiger partial charge on any atom is -0.475 e. The quantitative estimate of drug-likeness (QED) is 0.446. The molecule has 1 unspecified atom stereocenters. The van der Waals surface area contributed by atoms with Gasteiger partial charge < -0.3 is 19.6 Å². The van der Waals surface area contributed by atoms with Crippen molar-refractivity contribution in [1.82, 2.24) is 35.3 Å². The molecule has 5 rings (SSSR count). The Morgan fingerprint density at radius 1 is 1.07 bits per heavy atom. The number of aromatic amines is 1. The first-order valence-electron chi connectivity index (χ1n) is 15.6. The highest BCUT2D eigenvalue weighted by Crippen LogP contribution is 2.42. The highest BCUT2D eigenvalue weighted by atomic mass is 19.4. The molecule has 12 nitrogen and oxygen atoms in total. The Morgan fingerprint density at radius 3 is 2.28 bits per heavy atom. The van der Waals surface area contributed by atoms with Gasteiger partial charge in [-0.15, -0.1) is 10.2 Å². The molecule has 1 spiro atoms. The molecule has 0 aromatic carbocycles. The maximum absolute atomic E-state index is 13.1. The first kappa shape index (κ1) is 32.9. The van der Waals surface area contributed by atoms with Gasteiger partial charge in [-0.25, -0.2) is 9.59 Å². The number of amides is 2. The molecule has 1 aliphatic carbocycles. The fourth-order valence-electron chi connectivity index (χ4n) is 7.07. The molecule has 2 amide bonds. The van der Waals surface area contributed by atoms with Crippen LogP contribution < -0.4 is 0 Å². The van der Waals surface area contributed by atoms with E-state index in [1.54, 1.807) is 0 Å². The Labute approximate surface area is 249 Å². The Balaban J connectivity index is 0.000000541. The monoisotopic (exact) mass is 615 g/mol. The number of likely N-dealkylation sites (tertiary alicyclic amines) is 2. The van der Waals surface area contributed by atoms with Crippen LogP contribution in [-0.4, -0.2) is 115 Å². The SMILES string of the molecule is CCCCC1N(CC2CCCCC2)C(=O)OC12CCN(C1CCN(C(=O)Cc3nn[nH]n3)CC1)CC2.O=C(O)C(F)(F)F. The maximum atomic E-state index is 13.1. The summed E-state index contributed by atoms with van der Waals surface area (Å²) in [5.74, 6) is -1.60. The number of hydrogen-bond donors (Lipinski definition) is 2. The van der Waals surface area contributed by atoms with Crippen molar-refractivity contribution < 1.29 is 37.4 Å². The summed E-state index contributed by atoms with van der Waals surface area (Å²) in [5.41, 5.74) is -0.321. The van der Waals surface area contributed by atoms with Gasteiger partial charge in [-0.3, -0.25) is 9.69 Å². The molecule has 0 bridgehead atoms. The van der Waals surface area contributed by atoms with Crippen molar-refractivity contribution in [3.63, 3.8) is 0 Å². The first-order chi connectivity index (χ1) is 20.5. The summed E-state index contributed by atoms with van der Waals surface area (Å²) >= 11 is 0. The van der Waals surface area contributed by atoms with E-state index in [-0.39, 0.29) is 30.1 Å². The zero-order valence-electron chi connectivity index (χ0n) is 24.9. The summed E-state index contributed by atoms with van der Waals surface area (Å²) in [6.45, 7) is 6.59. The lowest BCUT2D eigenvalue weighted by atomic mass is 9.80. The van der Waals surface area contributed by atoms with Crippen LogP contribution in [0.2, 0.25) is 0 Å². The van der Waals surface area contributed by atoms with Gasteiger partial charge in [0.05, 0.1) is 12.5 Å². The third-order valence-corrected chi connectivity index (χ3v) is 9.44. The summed E-state index contributed by atoms with van der Waals surface area (Å²) in [4.78, 5) is 41.3. The number of H-pyrrole nitrogens is 1. The lowest BCUT2D eigenvalue weighted by Crippen LogP contribution is -2.56. The van der Waals surface area contributed by atoms with E-state index in [0.29, 0.717) is 17.8 Å². The van der Waals surface area contributed by atoms with E-state index < -0.39 is 12.1 Å². The largest absolute Gasteiger partial charge is 0.490 e. The van der Waals surface area contributed by atoms with Crippen LogP contribution in [0.1, 0.15) is 89.8 Å². The predicted octanol–water partition coefficient (Wildman–Crippen LogP) is 3.79. The number of carboxylic acids is 1. The Kier molecular flexibility index (Phi) is 11.2. The van der Waals surface area contributed by atoms with E-state index in [4.69, 9.17) is 14.6 Å². The van der Waals surface area contributed by atoms with Crippen molar-refractivity contribution in [1.29, 1.82) is 0 Å². The molecular weight excluding hydrogens is 571 g/mol. The minimum absolute atomic E-state index is 0.0662. The van der Waals surface area contributed by atoms with Crippen LogP contribution in [0.5, 0.6) is 0 Å². The van der Waals surface area contributed by atoms with Crippen LogP contribution in [0.25, 0.3) is 0 Å². The van der Waals surface area contributed by atoms with Gasteiger partial charge in [-0.05, 0) is 38.0 Å². The van der Waals surface area contributed by atoms with Crippen molar-refractivity contribution in [3.05, 3.63) is 5.82 Å². The van der Waals surface area contributed by atoms with E-state index >= 15 is 0 Å². The number of carboxylic acid groups (broad SMARTS) is 1. The second-order valence-corrected chi connectivity index (χ2v) is 12.2. The molecule has 4 aliphatic rings. The average Bonchev–Trinajstić information content (AvgIpc) is 3.58. The van der Waals surface area contributed by atoms with Crippen LogP contribution in [0.15, 0.2) is 0 Å². The highest BCUT2D eigenvalue weighted by Gasteiger charge is 2.55. The van der Waals surface area contributed by atoms with Gasteiger partial charge in [-0.2, -0.15) is 18.4 Å². The van der Waals surface area contributed by atoms with Gasteiger partial charge in [0, 0.05) is 51.6 Å². The third-order valence-electron chi connectivity index (χ3n) is 9.44. The van der Waals surface area contributed by atoms with Gasteiger partial charge in [0.15, 0.2) is 5.82 Å². The number of nitrogens with zero attached hydrogens (tertiary/aromatic N) is 6. The Bertz CT molecular complexity index is 1050. The summed E-state index contributed by atoms with van der Waals surface area (Å²) in [6.07, 6.45) is 8.65. The lowest BCUT2D eigenvalue weighted by molar-refractivity contribution is -0.192. The second kappa shape index (κ2) is 14.7. The molecule has 1 aromatic rings. The molecule has 3 saturated heterocycles. The van der Waals surface area contributed by atoms with Crippen LogP contribution in [0.4, 0.5) is 18.0 Å². The predicted molar refractivity (Wildman–Crippen MR) is 148 cm³/mol. The molecular formula is C28H44F3N7O5. The van der Waals surface area contributed by atoms with Gasteiger partial charge in [0.1, 0.15) is 5.60 Å². The second-order valence-electron chi connectivity index (χ2n) is 12.2. The van der Waals surface area contributed by atoms with E-state index in [9.17, 15) is 22.8 Å². The Hall–Kier alpha value is -2.97. The average molecular weight is 616 g/mol. The smallest absolute Gasteiger partial charge is 0.475 e. The summed E-state index contributed by atoms with van der Waals surface area (Å²) in [5, 5.41) is 20.9. The van der Waals surface area contributed by atoms with E-state index in [2.05, 4.69) is 37.3 Å². The fraction of sp³-hybridized carbons (Fsp3) is 0.857. The van der Waals surface area contributed by atoms with E-state index in [0.717, 1.165) is 77.7 Å². The topological polar surface area (TPSA) is 145 Å². The molecule has 4 heterocycles. The van der Waals surface area contributed by atoms with Gasteiger partial charge in [0.25, 0.3) is 0 Å². The maximum Gasteiger partial charge on any atom is 0.490 e. The van der Waals surface area contributed by atoms with Crippen LogP contribution in [0, 0.1) is 5.92 Å². The van der Waals surface area contributed by atoms with Crippen LogP contribution in [0.3, 0.4) is 0 Å². The molecule has 1 aromatic heterocycles. The zero-order chi connectivity index (χ0) is 31.0. The number of carbonyl (C=O) groups is 3. The minimum atomic E-state index is -5.08. The molecule has 242 valence electrons.